The third-order valence-electron chi connectivity index (χ3n) is 4.50. The number of thiazole rings is 1. The number of hydrogen-bond donors (Lipinski definition) is 2. The average molecular weight is 372 g/mol. The van der Waals surface area contributed by atoms with E-state index in [1.165, 1.54) is 31.1 Å². The number of anilines is 2. The molecule has 1 aromatic heterocycles. The van der Waals surface area contributed by atoms with Crippen LogP contribution in [0, 0.1) is 5.92 Å². The van der Waals surface area contributed by atoms with Crippen LogP contribution in [0.1, 0.15) is 42.7 Å². The summed E-state index contributed by atoms with van der Waals surface area (Å²) in [7, 11) is 0. The second-order valence-electron chi connectivity index (χ2n) is 6.82. The van der Waals surface area contributed by atoms with Gasteiger partial charge in [-0.2, -0.15) is 0 Å². The smallest absolute Gasteiger partial charge is 0.257 e. The Kier molecular flexibility index (Phi) is 6.00. The molecule has 0 atom stereocenters. The van der Waals surface area contributed by atoms with E-state index in [1.807, 2.05) is 5.38 Å². The van der Waals surface area contributed by atoms with Gasteiger partial charge in [-0.25, -0.2) is 4.98 Å². The topological polar surface area (TPSA) is 74.3 Å². The zero-order chi connectivity index (χ0) is 18.5. The van der Waals surface area contributed by atoms with Crippen molar-refractivity contribution in [2.75, 3.05) is 23.7 Å². The molecule has 2 amide bonds. The Hall–Kier alpha value is -2.25. The fourth-order valence-electron chi connectivity index (χ4n) is 2.96. The van der Waals surface area contributed by atoms with Crippen LogP contribution in [0.2, 0.25) is 0 Å². The molecule has 6 nitrogen and oxygen atoms in total. The number of piperidine rings is 1. The fourth-order valence-corrected chi connectivity index (χ4v) is 3.66. The van der Waals surface area contributed by atoms with Crippen molar-refractivity contribution in [3.63, 3.8) is 0 Å². The van der Waals surface area contributed by atoms with Crippen molar-refractivity contribution in [1.29, 1.82) is 0 Å². The number of benzene rings is 1. The van der Waals surface area contributed by atoms with Crippen LogP contribution in [0.5, 0.6) is 0 Å². The first-order valence-corrected chi connectivity index (χ1v) is 9.73. The molecule has 0 aliphatic carbocycles. The quantitative estimate of drug-likeness (QED) is 0.841. The maximum atomic E-state index is 12.3. The highest BCUT2D eigenvalue weighted by Gasteiger charge is 2.17. The van der Waals surface area contributed by atoms with E-state index in [0.717, 1.165) is 31.2 Å². The van der Waals surface area contributed by atoms with Gasteiger partial charge in [0.05, 0.1) is 5.69 Å². The van der Waals surface area contributed by atoms with Crippen molar-refractivity contribution >= 4 is 34.0 Å². The molecule has 1 saturated heterocycles. The molecule has 0 radical (unpaired) electrons. The van der Waals surface area contributed by atoms with Gasteiger partial charge in [-0.15, -0.1) is 11.3 Å². The lowest BCUT2D eigenvalue weighted by molar-refractivity contribution is -0.114. The van der Waals surface area contributed by atoms with Crippen molar-refractivity contribution in [3.8, 4) is 0 Å². The molecular formula is C19H24N4O2S. The third-order valence-corrected chi connectivity index (χ3v) is 5.31. The molecule has 0 saturated carbocycles. The van der Waals surface area contributed by atoms with Gasteiger partial charge < -0.3 is 5.32 Å². The molecule has 1 fully saturated rings. The van der Waals surface area contributed by atoms with Crippen molar-refractivity contribution in [2.45, 2.75) is 33.2 Å². The number of hydrogen-bond acceptors (Lipinski definition) is 5. The minimum atomic E-state index is -0.202. The SMILES string of the molecule is CC(=O)Nc1ccc(C(=O)Nc2nc(CN3CCC(C)CC3)cs2)cc1. The van der Waals surface area contributed by atoms with Gasteiger partial charge >= 0.3 is 0 Å². The molecule has 26 heavy (non-hydrogen) atoms. The lowest BCUT2D eigenvalue weighted by Crippen LogP contribution is -2.32. The number of carbonyl (C=O) groups is 2. The molecule has 7 heteroatoms. The fraction of sp³-hybridized carbons (Fsp3) is 0.421. The van der Waals surface area contributed by atoms with Crippen LogP contribution in [0.15, 0.2) is 29.6 Å². The number of rotatable bonds is 5. The Balaban J connectivity index is 1.54. The summed E-state index contributed by atoms with van der Waals surface area (Å²) in [5.74, 6) is 0.473. The van der Waals surface area contributed by atoms with E-state index >= 15 is 0 Å². The van der Waals surface area contributed by atoms with E-state index in [0.29, 0.717) is 16.4 Å². The van der Waals surface area contributed by atoms with Crippen molar-refractivity contribution in [1.82, 2.24) is 9.88 Å². The van der Waals surface area contributed by atoms with Gasteiger partial charge in [0.25, 0.3) is 5.91 Å². The highest BCUT2D eigenvalue weighted by atomic mass is 32.1. The predicted octanol–water partition coefficient (Wildman–Crippen LogP) is 3.59. The van der Waals surface area contributed by atoms with Crippen LogP contribution in [0.4, 0.5) is 10.8 Å². The Morgan fingerprint density at radius 1 is 1.19 bits per heavy atom. The molecule has 0 spiro atoms. The zero-order valence-corrected chi connectivity index (χ0v) is 15.9. The number of carbonyl (C=O) groups excluding carboxylic acids is 2. The highest BCUT2D eigenvalue weighted by Crippen LogP contribution is 2.21. The molecule has 1 aliphatic rings. The predicted molar refractivity (Wildman–Crippen MR) is 104 cm³/mol. The van der Waals surface area contributed by atoms with E-state index in [2.05, 4.69) is 27.4 Å². The summed E-state index contributed by atoms with van der Waals surface area (Å²) in [6.45, 7) is 6.81. The molecule has 138 valence electrons. The lowest BCUT2D eigenvalue weighted by atomic mass is 9.99. The van der Waals surface area contributed by atoms with Crippen molar-refractivity contribution < 1.29 is 9.59 Å². The molecule has 0 bridgehead atoms. The second-order valence-corrected chi connectivity index (χ2v) is 7.67. The molecule has 1 aromatic carbocycles. The largest absolute Gasteiger partial charge is 0.326 e. The maximum Gasteiger partial charge on any atom is 0.257 e. The third kappa shape index (κ3) is 5.12. The van der Waals surface area contributed by atoms with E-state index < -0.39 is 0 Å². The van der Waals surface area contributed by atoms with Crippen molar-refractivity contribution in [2.24, 2.45) is 5.92 Å². The zero-order valence-electron chi connectivity index (χ0n) is 15.1. The lowest BCUT2D eigenvalue weighted by Gasteiger charge is -2.29. The molecule has 0 unspecified atom stereocenters. The first kappa shape index (κ1) is 18.5. The Bertz CT molecular complexity index is 764. The van der Waals surface area contributed by atoms with Crippen LogP contribution in [-0.4, -0.2) is 34.8 Å². The van der Waals surface area contributed by atoms with Gasteiger partial charge in [0, 0.05) is 30.1 Å². The minimum Gasteiger partial charge on any atom is -0.326 e. The van der Waals surface area contributed by atoms with Gasteiger partial charge in [-0.3, -0.25) is 19.8 Å². The number of amides is 2. The minimum absolute atomic E-state index is 0.138. The second kappa shape index (κ2) is 8.42. The average Bonchev–Trinajstić information content (AvgIpc) is 3.04. The summed E-state index contributed by atoms with van der Waals surface area (Å²) in [6, 6.07) is 6.79. The molecule has 2 aromatic rings. The highest BCUT2D eigenvalue weighted by molar-refractivity contribution is 7.13. The number of nitrogens with zero attached hydrogens (tertiary/aromatic N) is 2. The van der Waals surface area contributed by atoms with E-state index in [9.17, 15) is 9.59 Å². The van der Waals surface area contributed by atoms with Gasteiger partial charge in [-0.05, 0) is 56.1 Å². The monoisotopic (exact) mass is 372 g/mol. The first-order chi connectivity index (χ1) is 12.5. The van der Waals surface area contributed by atoms with Gasteiger partial charge in [0.15, 0.2) is 5.13 Å². The summed E-state index contributed by atoms with van der Waals surface area (Å²) in [4.78, 5) is 30.3. The Morgan fingerprint density at radius 3 is 2.54 bits per heavy atom. The maximum absolute atomic E-state index is 12.3. The van der Waals surface area contributed by atoms with Gasteiger partial charge in [-0.1, -0.05) is 6.92 Å². The summed E-state index contributed by atoms with van der Waals surface area (Å²) >= 11 is 1.45. The van der Waals surface area contributed by atoms with Crippen LogP contribution in [0.25, 0.3) is 0 Å². The summed E-state index contributed by atoms with van der Waals surface area (Å²) in [5, 5.41) is 8.15. The number of aromatic nitrogens is 1. The van der Waals surface area contributed by atoms with Crippen LogP contribution >= 0.6 is 11.3 Å². The molecule has 2 N–H and O–H groups in total. The molecule has 3 rings (SSSR count). The van der Waals surface area contributed by atoms with E-state index in [-0.39, 0.29) is 11.8 Å². The van der Waals surface area contributed by atoms with E-state index in [1.54, 1.807) is 24.3 Å². The standard InChI is InChI=1S/C19H24N4O2S/c1-13-7-9-23(10-8-13)11-17-12-26-19(21-17)22-18(25)15-3-5-16(6-4-15)20-14(2)24/h3-6,12-13H,7-11H2,1-2H3,(H,20,24)(H,21,22,25). The van der Waals surface area contributed by atoms with Gasteiger partial charge in [0.1, 0.15) is 0 Å². The van der Waals surface area contributed by atoms with E-state index in [4.69, 9.17) is 0 Å². The summed E-state index contributed by atoms with van der Waals surface area (Å²) in [6.07, 6.45) is 2.48. The Labute approximate surface area is 157 Å². The molecule has 1 aliphatic heterocycles. The molecule has 2 heterocycles. The van der Waals surface area contributed by atoms with Crippen molar-refractivity contribution in [3.05, 3.63) is 40.9 Å². The number of nitrogens with one attached hydrogen (secondary N) is 2. The summed E-state index contributed by atoms with van der Waals surface area (Å²) < 4.78 is 0. The first-order valence-electron chi connectivity index (χ1n) is 8.85. The van der Waals surface area contributed by atoms with Gasteiger partial charge in [0.2, 0.25) is 5.91 Å². The molecular weight excluding hydrogens is 348 g/mol. The van der Waals surface area contributed by atoms with Crippen LogP contribution in [-0.2, 0) is 11.3 Å². The Morgan fingerprint density at radius 2 is 1.88 bits per heavy atom. The summed E-state index contributed by atoms with van der Waals surface area (Å²) in [5.41, 5.74) is 2.20. The van der Waals surface area contributed by atoms with Crippen LogP contribution in [0.3, 0.4) is 0 Å². The number of likely N-dealkylation sites (tertiary alicyclic amines) is 1. The van der Waals surface area contributed by atoms with Crippen LogP contribution < -0.4 is 10.6 Å². The normalized spacial score (nSPS) is 15.6.